The van der Waals surface area contributed by atoms with E-state index in [1.54, 1.807) is 13.0 Å². The number of rotatable bonds is 4. The molecule has 0 aliphatic carbocycles. The van der Waals surface area contributed by atoms with Crippen molar-refractivity contribution in [3.63, 3.8) is 0 Å². The Hall–Kier alpha value is -1.37. The van der Waals surface area contributed by atoms with Crippen molar-refractivity contribution in [2.24, 2.45) is 0 Å². The summed E-state index contributed by atoms with van der Waals surface area (Å²) in [6.45, 7) is 2.85. The molecule has 0 spiro atoms. The molecular weight excluding hydrogens is 284 g/mol. The molecule has 0 aromatic carbocycles. The zero-order valence-corrected chi connectivity index (χ0v) is 12.1. The molecule has 6 nitrogen and oxygen atoms in total. The van der Waals surface area contributed by atoms with Crippen molar-refractivity contribution >= 4 is 24.1 Å². The molecule has 1 aromatic rings. The average Bonchev–Trinajstić information content (AvgIpc) is 2.39. The lowest BCUT2D eigenvalue weighted by atomic mass is 9.90. The van der Waals surface area contributed by atoms with Crippen LogP contribution in [0.15, 0.2) is 12.3 Å². The summed E-state index contributed by atoms with van der Waals surface area (Å²) in [5.41, 5.74) is 0.824. The highest BCUT2D eigenvalue weighted by Crippen LogP contribution is 2.27. The first-order valence-electron chi connectivity index (χ1n) is 6.23. The summed E-state index contributed by atoms with van der Waals surface area (Å²) >= 11 is 0. The van der Waals surface area contributed by atoms with E-state index >= 15 is 0 Å². The summed E-state index contributed by atoms with van der Waals surface area (Å²) in [5.74, 6) is -1.03. The Kier molecular flexibility index (Phi) is 5.74. The van der Waals surface area contributed by atoms with Crippen LogP contribution in [0.25, 0.3) is 0 Å². The lowest BCUT2D eigenvalue weighted by molar-refractivity contribution is 0.0379. The van der Waals surface area contributed by atoms with E-state index in [2.05, 4.69) is 10.3 Å². The molecule has 0 amide bonds. The number of aryl methyl sites for hydroxylation is 1. The molecule has 0 radical (unpaired) electrons. The maximum Gasteiger partial charge on any atom is 0.339 e. The van der Waals surface area contributed by atoms with E-state index < -0.39 is 11.5 Å². The zero-order chi connectivity index (χ0) is 13.9. The SMILES string of the molecule is Cc1cc(NC2(CO)CCOCC2)c(C(=O)O)cn1.Cl. The number of halogens is 1. The Bertz CT molecular complexity index is 475. The fourth-order valence-corrected chi connectivity index (χ4v) is 2.20. The predicted molar refractivity (Wildman–Crippen MR) is 76.7 cm³/mol. The summed E-state index contributed by atoms with van der Waals surface area (Å²) in [7, 11) is 0. The molecule has 0 saturated carbocycles. The van der Waals surface area contributed by atoms with Gasteiger partial charge in [-0.05, 0) is 25.8 Å². The third-order valence-corrected chi connectivity index (χ3v) is 3.42. The number of anilines is 1. The Labute approximate surface area is 123 Å². The minimum atomic E-state index is -1.03. The molecule has 0 unspecified atom stereocenters. The van der Waals surface area contributed by atoms with Crippen LogP contribution in [0.5, 0.6) is 0 Å². The highest BCUT2D eigenvalue weighted by Gasteiger charge is 2.32. The quantitative estimate of drug-likeness (QED) is 0.780. The van der Waals surface area contributed by atoms with E-state index in [0.29, 0.717) is 31.7 Å². The number of aromatic nitrogens is 1. The Morgan fingerprint density at radius 3 is 2.70 bits per heavy atom. The van der Waals surface area contributed by atoms with Crippen molar-refractivity contribution in [2.45, 2.75) is 25.3 Å². The standard InChI is InChI=1S/C13H18N2O4.ClH/c1-9-6-11(10(7-14-9)12(17)18)15-13(8-16)2-4-19-5-3-13;/h6-7,16H,2-5,8H2,1H3,(H,14,15)(H,17,18);1H. The van der Waals surface area contributed by atoms with Gasteiger partial charge in [0.05, 0.1) is 17.8 Å². The van der Waals surface area contributed by atoms with E-state index in [0.717, 1.165) is 5.69 Å². The first kappa shape index (κ1) is 16.7. The van der Waals surface area contributed by atoms with E-state index in [1.165, 1.54) is 6.20 Å². The molecule has 2 rings (SSSR count). The van der Waals surface area contributed by atoms with E-state index in [9.17, 15) is 15.0 Å². The summed E-state index contributed by atoms with van der Waals surface area (Å²) < 4.78 is 5.29. The normalized spacial score (nSPS) is 17.1. The number of aromatic carboxylic acids is 1. The predicted octanol–water partition coefficient (Wildman–Crippen LogP) is 1.46. The lowest BCUT2D eigenvalue weighted by Gasteiger charge is -2.37. The van der Waals surface area contributed by atoms with Crippen LogP contribution in [0.2, 0.25) is 0 Å². The van der Waals surface area contributed by atoms with Crippen LogP contribution >= 0.6 is 12.4 Å². The third-order valence-electron chi connectivity index (χ3n) is 3.42. The topological polar surface area (TPSA) is 91.7 Å². The van der Waals surface area contributed by atoms with Crippen molar-refractivity contribution in [1.29, 1.82) is 0 Å². The second-order valence-electron chi connectivity index (χ2n) is 4.85. The largest absolute Gasteiger partial charge is 0.478 e. The van der Waals surface area contributed by atoms with Crippen molar-refractivity contribution in [3.8, 4) is 0 Å². The Morgan fingerprint density at radius 1 is 1.50 bits per heavy atom. The second kappa shape index (κ2) is 6.88. The van der Waals surface area contributed by atoms with Crippen LogP contribution in [0.1, 0.15) is 28.9 Å². The number of aliphatic hydroxyl groups excluding tert-OH is 1. The summed E-state index contributed by atoms with van der Waals surface area (Å²) in [6, 6.07) is 1.69. The van der Waals surface area contributed by atoms with Crippen LogP contribution in [0.4, 0.5) is 5.69 Å². The molecular formula is C13H19ClN2O4. The van der Waals surface area contributed by atoms with Gasteiger partial charge in [0.15, 0.2) is 0 Å². The highest BCUT2D eigenvalue weighted by molar-refractivity contribution is 5.94. The van der Waals surface area contributed by atoms with Crippen LogP contribution in [0.3, 0.4) is 0 Å². The second-order valence-corrected chi connectivity index (χ2v) is 4.85. The van der Waals surface area contributed by atoms with Gasteiger partial charge in [-0.3, -0.25) is 4.98 Å². The average molecular weight is 303 g/mol. The molecule has 3 N–H and O–H groups in total. The zero-order valence-electron chi connectivity index (χ0n) is 11.3. The molecule has 1 fully saturated rings. The molecule has 1 aliphatic heterocycles. The molecule has 1 saturated heterocycles. The number of aliphatic hydroxyl groups is 1. The van der Waals surface area contributed by atoms with Crippen molar-refractivity contribution in [1.82, 2.24) is 4.98 Å². The van der Waals surface area contributed by atoms with Gasteiger partial charge in [-0.25, -0.2) is 4.79 Å². The fourth-order valence-electron chi connectivity index (χ4n) is 2.20. The van der Waals surface area contributed by atoms with Gasteiger partial charge in [-0.2, -0.15) is 0 Å². The maximum atomic E-state index is 11.2. The number of carboxylic acids is 1. The number of nitrogens with one attached hydrogen (secondary N) is 1. The van der Waals surface area contributed by atoms with Gasteiger partial charge in [0, 0.05) is 25.1 Å². The molecule has 0 bridgehead atoms. The van der Waals surface area contributed by atoms with Gasteiger partial charge in [0.2, 0.25) is 0 Å². The third kappa shape index (κ3) is 3.59. The maximum absolute atomic E-state index is 11.2. The fraction of sp³-hybridized carbons (Fsp3) is 0.538. The minimum absolute atomic E-state index is 0. The van der Waals surface area contributed by atoms with Gasteiger partial charge in [-0.15, -0.1) is 12.4 Å². The number of carbonyl (C=O) groups is 1. The van der Waals surface area contributed by atoms with Crippen molar-refractivity contribution < 1.29 is 19.7 Å². The van der Waals surface area contributed by atoms with Crippen LogP contribution in [-0.2, 0) is 4.74 Å². The number of ether oxygens (including phenoxy) is 1. The lowest BCUT2D eigenvalue weighted by Crippen LogP contribution is -2.47. The van der Waals surface area contributed by atoms with E-state index in [4.69, 9.17) is 4.74 Å². The number of hydrogen-bond donors (Lipinski definition) is 3. The first-order chi connectivity index (χ1) is 9.06. The number of hydrogen-bond acceptors (Lipinski definition) is 5. The smallest absolute Gasteiger partial charge is 0.339 e. The molecule has 1 aliphatic rings. The summed E-state index contributed by atoms with van der Waals surface area (Å²) in [4.78, 5) is 15.2. The summed E-state index contributed by atoms with van der Waals surface area (Å²) in [6.07, 6.45) is 2.62. The monoisotopic (exact) mass is 302 g/mol. The minimum Gasteiger partial charge on any atom is -0.478 e. The number of carboxylic acid groups (broad SMARTS) is 1. The van der Waals surface area contributed by atoms with E-state index in [1.807, 2.05) is 0 Å². The van der Waals surface area contributed by atoms with Gasteiger partial charge < -0.3 is 20.3 Å². The number of nitrogens with zero attached hydrogens (tertiary/aromatic N) is 1. The highest BCUT2D eigenvalue weighted by atomic mass is 35.5. The van der Waals surface area contributed by atoms with Gasteiger partial charge >= 0.3 is 5.97 Å². The molecule has 2 heterocycles. The van der Waals surface area contributed by atoms with Crippen molar-refractivity contribution in [3.05, 3.63) is 23.5 Å². The molecule has 0 atom stereocenters. The van der Waals surface area contributed by atoms with Gasteiger partial charge in [-0.1, -0.05) is 0 Å². The van der Waals surface area contributed by atoms with E-state index in [-0.39, 0.29) is 24.6 Å². The first-order valence-corrected chi connectivity index (χ1v) is 6.23. The van der Waals surface area contributed by atoms with Gasteiger partial charge in [0.25, 0.3) is 0 Å². The summed E-state index contributed by atoms with van der Waals surface area (Å²) in [5, 5.41) is 22.0. The molecule has 7 heteroatoms. The Morgan fingerprint density at radius 2 is 2.15 bits per heavy atom. The van der Waals surface area contributed by atoms with Crippen LogP contribution < -0.4 is 5.32 Å². The Balaban J connectivity index is 0.00000200. The van der Waals surface area contributed by atoms with Gasteiger partial charge in [0.1, 0.15) is 5.56 Å². The molecule has 1 aromatic heterocycles. The molecule has 20 heavy (non-hydrogen) atoms. The van der Waals surface area contributed by atoms with Crippen LogP contribution in [-0.4, -0.2) is 46.5 Å². The van der Waals surface area contributed by atoms with Crippen molar-refractivity contribution in [2.75, 3.05) is 25.1 Å². The van der Waals surface area contributed by atoms with Crippen LogP contribution in [0, 0.1) is 6.92 Å². The number of pyridine rings is 1. The molecule has 112 valence electrons.